The molecule has 10 heteroatoms. The molecule has 1 aliphatic rings. The van der Waals surface area contributed by atoms with Crippen molar-refractivity contribution in [2.75, 3.05) is 6.61 Å². The molecule has 1 amide bonds. The highest BCUT2D eigenvalue weighted by molar-refractivity contribution is 5.77. The van der Waals surface area contributed by atoms with Crippen LogP contribution in [0.4, 0.5) is 8.78 Å². The van der Waals surface area contributed by atoms with Gasteiger partial charge in [-0.15, -0.1) is 0 Å². The van der Waals surface area contributed by atoms with Gasteiger partial charge in [0.25, 0.3) is 0 Å². The topological polar surface area (TPSA) is 136 Å². The maximum atomic E-state index is 14.0. The van der Waals surface area contributed by atoms with Crippen molar-refractivity contribution in [2.45, 2.75) is 49.7 Å². The van der Waals surface area contributed by atoms with E-state index in [4.69, 9.17) is 10.2 Å². The predicted molar refractivity (Wildman–Crippen MR) is 62.6 cm³/mol. The fraction of sp³-hybridized carbons (Fsp3) is 0.818. The van der Waals surface area contributed by atoms with Crippen LogP contribution in [0.2, 0.25) is 0 Å². The zero-order valence-corrected chi connectivity index (χ0v) is 11.1. The number of carboxylic acids is 1. The van der Waals surface area contributed by atoms with Gasteiger partial charge in [-0.1, -0.05) is 0 Å². The van der Waals surface area contributed by atoms with Gasteiger partial charge in [-0.2, -0.15) is 4.39 Å². The first-order valence-electron chi connectivity index (χ1n) is 6.11. The van der Waals surface area contributed by atoms with Gasteiger partial charge in [0.1, 0.15) is 18.3 Å². The monoisotopic (exact) mass is 313 g/mol. The Morgan fingerprint density at radius 1 is 1.48 bits per heavy atom. The molecule has 0 saturated carbocycles. The van der Waals surface area contributed by atoms with Crippen molar-refractivity contribution in [3.63, 3.8) is 0 Å². The summed E-state index contributed by atoms with van der Waals surface area (Å²) in [5.41, 5.74) is 0. The van der Waals surface area contributed by atoms with E-state index in [0.29, 0.717) is 0 Å². The number of aliphatic hydroxyl groups is 3. The van der Waals surface area contributed by atoms with Crippen molar-refractivity contribution >= 4 is 11.9 Å². The molecule has 0 aromatic rings. The lowest BCUT2D eigenvalue weighted by Gasteiger charge is -2.42. The summed E-state index contributed by atoms with van der Waals surface area (Å²) in [5.74, 6) is -6.59. The number of aliphatic hydroxyl groups excluding tert-OH is 3. The minimum Gasteiger partial charge on any atom is -0.477 e. The highest BCUT2D eigenvalue weighted by Crippen LogP contribution is 2.35. The molecular formula is C11H17F2NO7. The Balaban J connectivity index is 3.05. The normalized spacial score (nSPS) is 35.8. The Morgan fingerprint density at radius 2 is 2.05 bits per heavy atom. The summed E-state index contributed by atoms with van der Waals surface area (Å²) in [6, 6.07) is -1.27. The lowest BCUT2D eigenvalue weighted by atomic mass is 9.90. The minimum absolute atomic E-state index is 0.645. The molecule has 0 aromatic carbocycles. The van der Waals surface area contributed by atoms with E-state index in [1.807, 2.05) is 0 Å². The first-order valence-corrected chi connectivity index (χ1v) is 6.11. The minimum atomic E-state index is -3.71. The Morgan fingerprint density at radius 3 is 2.48 bits per heavy atom. The first-order chi connectivity index (χ1) is 9.63. The van der Waals surface area contributed by atoms with Crippen molar-refractivity contribution in [1.82, 2.24) is 5.32 Å². The molecule has 0 aromatic heterocycles. The molecule has 21 heavy (non-hydrogen) atoms. The molecule has 8 nitrogen and oxygen atoms in total. The van der Waals surface area contributed by atoms with Crippen LogP contribution in [0.15, 0.2) is 0 Å². The van der Waals surface area contributed by atoms with Crippen LogP contribution in [0.1, 0.15) is 13.3 Å². The maximum Gasteiger partial charge on any atom is 0.372 e. The Kier molecular flexibility index (Phi) is 5.56. The molecule has 122 valence electrons. The van der Waals surface area contributed by atoms with Crippen LogP contribution in [0.25, 0.3) is 0 Å². The Labute approximate surface area is 118 Å². The number of carboxylic acid groups (broad SMARTS) is 1. The number of alkyl halides is 2. The number of ether oxygens (including phenoxy) is 1. The van der Waals surface area contributed by atoms with Gasteiger partial charge in [0.15, 0.2) is 6.17 Å². The highest BCUT2D eigenvalue weighted by atomic mass is 19.2. The summed E-state index contributed by atoms with van der Waals surface area (Å²) in [6.45, 7) is 0.160. The van der Waals surface area contributed by atoms with E-state index in [-0.39, 0.29) is 0 Å². The summed E-state index contributed by atoms with van der Waals surface area (Å²) in [5, 5.41) is 38.8. The van der Waals surface area contributed by atoms with E-state index in [9.17, 15) is 28.6 Å². The van der Waals surface area contributed by atoms with Crippen molar-refractivity contribution < 1.29 is 43.5 Å². The van der Waals surface area contributed by atoms with Crippen LogP contribution in [0.3, 0.4) is 0 Å². The molecule has 0 bridgehead atoms. The number of amides is 1. The van der Waals surface area contributed by atoms with Crippen molar-refractivity contribution in [2.24, 2.45) is 0 Å². The number of aliphatic carboxylic acids is 1. The van der Waals surface area contributed by atoms with E-state index < -0.39 is 61.3 Å². The van der Waals surface area contributed by atoms with Crippen LogP contribution < -0.4 is 5.32 Å². The quantitative estimate of drug-likeness (QED) is 0.399. The summed E-state index contributed by atoms with van der Waals surface area (Å²) in [6.07, 6.45) is -8.80. The van der Waals surface area contributed by atoms with Crippen molar-refractivity contribution in [3.05, 3.63) is 0 Å². The number of nitrogens with one attached hydrogen (secondary N) is 1. The van der Waals surface area contributed by atoms with Crippen molar-refractivity contribution in [3.8, 4) is 0 Å². The zero-order chi connectivity index (χ0) is 16.4. The van der Waals surface area contributed by atoms with Crippen LogP contribution in [0, 0.1) is 0 Å². The van der Waals surface area contributed by atoms with Gasteiger partial charge in [0.2, 0.25) is 5.91 Å². The number of hydrogen-bond donors (Lipinski definition) is 5. The van der Waals surface area contributed by atoms with Gasteiger partial charge in [0, 0.05) is 13.3 Å². The summed E-state index contributed by atoms with van der Waals surface area (Å²) in [4.78, 5) is 21.8. The molecule has 0 aliphatic carbocycles. The van der Waals surface area contributed by atoms with Gasteiger partial charge < -0.3 is 30.5 Å². The molecule has 0 spiro atoms. The Bertz CT molecular complexity index is 410. The molecule has 5 N–H and O–H groups in total. The molecule has 1 aliphatic heterocycles. The molecule has 1 saturated heterocycles. The Hall–Kier alpha value is -1.36. The third-order valence-corrected chi connectivity index (χ3v) is 3.17. The van der Waals surface area contributed by atoms with Gasteiger partial charge in [-0.05, 0) is 0 Å². The largest absolute Gasteiger partial charge is 0.477 e. The van der Waals surface area contributed by atoms with E-state index in [1.165, 1.54) is 0 Å². The van der Waals surface area contributed by atoms with Crippen LogP contribution >= 0.6 is 0 Å². The number of hydrogen-bond acceptors (Lipinski definition) is 6. The summed E-state index contributed by atoms with van der Waals surface area (Å²) in [7, 11) is 0. The SMILES string of the molecule is CC(=O)N[C@@H]1CC(F)[C@](F)(C(=O)O)OC1[C@H](O)[C@H](O)CO. The summed E-state index contributed by atoms with van der Waals surface area (Å²) < 4.78 is 32.2. The lowest BCUT2D eigenvalue weighted by molar-refractivity contribution is -0.272. The number of carbonyl (C=O) groups excluding carboxylic acids is 1. The third kappa shape index (κ3) is 3.64. The van der Waals surface area contributed by atoms with E-state index in [1.54, 1.807) is 0 Å². The second-order valence-electron chi connectivity index (χ2n) is 4.78. The molecule has 1 heterocycles. The van der Waals surface area contributed by atoms with Crippen LogP contribution in [-0.2, 0) is 14.3 Å². The molecule has 6 atom stereocenters. The standard InChI is InChI=1S/C11H17F2NO7/c1-4(16)14-5-2-7(12)11(13,10(19)20)21-9(5)8(18)6(17)3-15/h5-9,15,17-18H,2-3H2,1H3,(H,14,16)(H,19,20)/t5-,6-,7?,8-,9?,11-/m1/s1. The van der Waals surface area contributed by atoms with E-state index >= 15 is 0 Å². The molecule has 2 unspecified atom stereocenters. The third-order valence-electron chi connectivity index (χ3n) is 3.17. The average Bonchev–Trinajstić information content (AvgIpc) is 2.40. The average molecular weight is 313 g/mol. The number of halogens is 2. The predicted octanol–water partition coefficient (Wildman–Crippen LogP) is -1.92. The van der Waals surface area contributed by atoms with Crippen LogP contribution in [-0.4, -0.2) is 75.3 Å². The van der Waals surface area contributed by atoms with E-state index in [2.05, 4.69) is 10.1 Å². The highest BCUT2D eigenvalue weighted by Gasteiger charge is 2.58. The summed E-state index contributed by atoms with van der Waals surface area (Å²) >= 11 is 0. The first kappa shape index (κ1) is 17.7. The smallest absolute Gasteiger partial charge is 0.372 e. The van der Waals surface area contributed by atoms with Gasteiger partial charge in [-0.25, -0.2) is 9.18 Å². The second-order valence-corrected chi connectivity index (χ2v) is 4.78. The zero-order valence-electron chi connectivity index (χ0n) is 11.1. The van der Waals surface area contributed by atoms with Gasteiger partial charge in [0.05, 0.1) is 12.6 Å². The molecular weight excluding hydrogens is 296 g/mol. The number of carbonyl (C=O) groups is 2. The molecule has 1 fully saturated rings. The van der Waals surface area contributed by atoms with E-state index in [0.717, 1.165) is 6.92 Å². The van der Waals surface area contributed by atoms with Gasteiger partial charge >= 0.3 is 11.8 Å². The fourth-order valence-corrected chi connectivity index (χ4v) is 2.08. The number of rotatable bonds is 5. The lowest BCUT2D eigenvalue weighted by Crippen LogP contribution is -2.64. The molecule has 0 radical (unpaired) electrons. The maximum absolute atomic E-state index is 14.0. The van der Waals surface area contributed by atoms with Gasteiger partial charge in [-0.3, -0.25) is 4.79 Å². The molecule has 1 rings (SSSR count). The van der Waals surface area contributed by atoms with Crippen molar-refractivity contribution in [1.29, 1.82) is 0 Å². The van der Waals surface area contributed by atoms with Crippen LogP contribution in [0.5, 0.6) is 0 Å². The second kappa shape index (κ2) is 6.60. The fourth-order valence-electron chi connectivity index (χ4n) is 2.08.